The molecule has 8 heteroatoms. The van der Waals surface area contributed by atoms with Gasteiger partial charge in [0.2, 0.25) is 5.91 Å². The molecule has 26 heavy (non-hydrogen) atoms. The molecule has 0 saturated heterocycles. The number of halogens is 1. The van der Waals surface area contributed by atoms with Crippen molar-refractivity contribution in [3.05, 3.63) is 58.6 Å². The number of carbonyl (C=O) groups excluding carboxylic acids is 1. The standard InChI is InChI=1S/C18H20ClN3O3S/c1-24-15-6-3-12(4-7-15)11-20-18(26)22-21-17(23)10-13-9-14(19)5-8-16(13)25-2/h3-9H,10-11H2,1-2H3,(H,21,23)(H2,20,22,26). The molecule has 0 bridgehead atoms. The van der Waals surface area contributed by atoms with Crippen LogP contribution in [0.15, 0.2) is 42.5 Å². The maximum absolute atomic E-state index is 12.1. The smallest absolute Gasteiger partial charge is 0.242 e. The summed E-state index contributed by atoms with van der Waals surface area (Å²) in [7, 11) is 3.16. The predicted molar refractivity (Wildman–Crippen MR) is 105 cm³/mol. The third-order valence-electron chi connectivity index (χ3n) is 3.52. The highest BCUT2D eigenvalue weighted by Gasteiger charge is 2.10. The van der Waals surface area contributed by atoms with Crippen molar-refractivity contribution >= 4 is 34.8 Å². The molecular weight excluding hydrogens is 374 g/mol. The molecule has 3 N–H and O–H groups in total. The third-order valence-corrected chi connectivity index (χ3v) is 4.00. The normalized spacial score (nSPS) is 9.96. The Kier molecular flexibility index (Phi) is 7.50. The maximum atomic E-state index is 12.1. The van der Waals surface area contributed by atoms with Crippen LogP contribution >= 0.6 is 23.8 Å². The fourth-order valence-electron chi connectivity index (χ4n) is 2.20. The Morgan fingerprint density at radius 1 is 1.08 bits per heavy atom. The van der Waals surface area contributed by atoms with Crippen LogP contribution in [-0.2, 0) is 17.8 Å². The molecule has 0 spiro atoms. The summed E-state index contributed by atoms with van der Waals surface area (Å²) in [6.07, 6.45) is 0.109. The van der Waals surface area contributed by atoms with Gasteiger partial charge in [0.15, 0.2) is 5.11 Å². The van der Waals surface area contributed by atoms with E-state index in [2.05, 4.69) is 16.2 Å². The van der Waals surface area contributed by atoms with Gasteiger partial charge in [0.1, 0.15) is 11.5 Å². The lowest BCUT2D eigenvalue weighted by Crippen LogP contribution is -2.47. The second-order valence-electron chi connectivity index (χ2n) is 5.34. The summed E-state index contributed by atoms with van der Waals surface area (Å²) >= 11 is 11.1. The summed E-state index contributed by atoms with van der Waals surface area (Å²) in [5, 5.41) is 3.86. The van der Waals surface area contributed by atoms with Gasteiger partial charge in [-0.15, -0.1) is 0 Å². The number of hydrazine groups is 1. The number of thiocarbonyl (C=S) groups is 1. The highest BCUT2D eigenvalue weighted by molar-refractivity contribution is 7.80. The molecule has 0 unspecified atom stereocenters. The summed E-state index contributed by atoms with van der Waals surface area (Å²) in [4.78, 5) is 12.1. The molecular formula is C18H20ClN3O3S. The molecule has 0 aromatic heterocycles. The lowest BCUT2D eigenvalue weighted by atomic mass is 10.1. The molecule has 1 amide bonds. The monoisotopic (exact) mass is 393 g/mol. The van der Waals surface area contributed by atoms with E-state index in [1.807, 2.05) is 24.3 Å². The zero-order valence-corrected chi connectivity index (χ0v) is 16.0. The highest BCUT2D eigenvalue weighted by atomic mass is 35.5. The quantitative estimate of drug-likeness (QED) is 0.517. The Morgan fingerprint density at radius 3 is 2.46 bits per heavy atom. The number of nitrogens with one attached hydrogen (secondary N) is 3. The number of methoxy groups -OCH3 is 2. The minimum atomic E-state index is -0.265. The average Bonchev–Trinajstić information content (AvgIpc) is 2.65. The number of hydrogen-bond acceptors (Lipinski definition) is 4. The molecule has 2 rings (SSSR count). The fraction of sp³-hybridized carbons (Fsp3) is 0.222. The van der Waals surface area contributed by atoms with E-state index in [4.69, 9.17) is 33.3 Å². The van der Waals surface area contributed by atoms with Gasteiger partial charge in [-0.05, 0) is 48.1 Å². The molecule has 0 fully saturated rings. The van der Waals surface area contributed by atoms with Gasteiger partial charge >= 0.3 is 0 Å². The Bertz CT molecular complexity index is 769. The second kappa shape index (κ2) is 9.84. The van der Waals surface area contributed by atoms with Crippen molar-refractivity contribution in [3.8, 4) is 11.5 Å². The number of benzene rings is 2. The van der Waals surface area contributed by atoms with Gasteiger partial charge in [-0.2, -0.15) is 0 Å². The minimum Gasteiger partial charge on any atom is -0.497 e. The van der Waals surface area contributed by atoms with Gasteiger partial charge in [-0.3, -0.25) is 15.6 Å². The maximum Gasteiger partial charge on any atom is 0.242 e. The molecule has 0 atom stereocenters. The Labute approximate surface area is 162 Å². The van der Waals surface area contributed by atoms with E-state index < -0.39 is 0 Å². The van der Waals surface area contributed by atoms with Gasteiger partial charge < -0.3 is 14.8 Å². The number of hydrogen-bond donors (Lipinski definition) is 3. The van der Waals surface area contributed by atoms with Crippen LogP contribution in [0, 0.1) is 0 Å². The van der Waals surface area contributed by atoms with E-state index in [9.17, 15) is 4.79 Å². The van der Waals surface area contributed by atoms with Crippen LogP contribution in [0.5, 0.6) is 11.5 Å². The second-order valence-corrected chi connectivity index (χ2v) is 6.18. The predicted octanol–water partition coefficient (Wildman–Crippen LogP) is 2.60. The summed E-state index contributed by atoms with van der Waals surface area (Å²) < 4.78 is 10.3. The zero-order chi connectivity index (χ0) is 18.9. The Morgan fingerprint density at radius 2 is 1.81 bits per heavy atom. The van der Waals surface area contributed by atoms with Crippen LogP contribution in [0.2, 0.25) is 5.02 Å². The third kappa shape index (κ3) is 6.09. The molecule has 0 aliphatic heterocycles. The van der Waals surface area contributed by atoms with Crippen LogP contribution in [-0.4, -0.2) is 25.2 Å². The van der Waals surface area contributed by atoms with Gasteiger partial charge in [0, 0.05) is 17.1 Å². The lowest BCUT2D eigenvalue weighted by Gasteiger charge is -2.13. The molecule has 0 aliphatic carbocycles. The lowest BCUT2D eigenvalue weighted by molar-refractivity contribution is -0.121. The topological polar surface area (TPSA) is 71.6 Å². The van der Waals surface area contributed by atoms with Gasteiger partial charge in [-0.25, -0.2) is 0 Å². The van der Waals surface area contributed by atoms with Crippen molar-refractivity contribution in [3.63, 3.8) is 0 Å². The van der Waals surface area contributed by atoms with E-state index in [0.717, 1.165) is 11.3 Å². The first-order valence-corrected chi connectivity index (χ1v) is 8.58. The summed E-state index contributed by atoms with van der Waals surface area (Å²) in [6, 6.07) is 12.7. The van der Waals surface area contributed by atoms with Crippen LogP contribution in [0.3, 0.4) is 0 Å². The van der Waals surface area contributed by atoms with E-state index in [1.165, 1.54) is 0 Å². The number of amides is 1. The van der Waals surface area contributed by atoms with Crippen molar-refractivity contribution in [2.75, 3.05) is 14.2 Å². The first-order valence-electron chi connectivity index (χ1n) is 7.80. The molecule has 0 saturated carbocycles. The van der Waals surface area contributed by atoms with Crippen molar-refractivity contribution in [1.29, 1.82) is 0 Å². The molecule has 0 heterocycles. The molecule has 2 aromatic rings. The summed E-state index contributed by atoms with van der Waals surface area (Å²) in [5.41, 5.74) is 6.94. The largest absolute Gasteiger partial charge is 0.497 e. The van der Waals surface area contributed by atoms with Crippen LogP contribution in [0.25, 0.3) is 0 Å². The average molecular weight is 394 g/mol. The first kappa shape index (κ1) is 19.8. The molecule has 0 radical (unpaired) electrons. The summed E-state index contributed by atoms with van der Waals surface area (Å²) in [6.45, 7) is 0.522. The molecule has 138 valence electrons. The van der Waals surface area contributed by atoms with Gasteiger partial charge in [0.25, 0.3) is 0 Å². The van der Waals surface area contributed by atoms with E-state index >= 15 is 0 Å². The number of ether oxygens (including phenoxy) is 2. The highest BCUT2D eigenvalue weighted by Crippen LogP contribution is 2.22. The van der Waals surface area contributed by atoms with E-state index in [0.29, 0.717) is 28.0 Å². The van der Waals surface area contributed by atoms with Crippen molar-refractivity contribution in [2.45, 2.75) is 13.0 Å². The fourth-order valence-corrected chi connectivity index (χ4v) is 2.52. The van der Waals surface area contributed by atoms with Crippen LogP contribution in [0.4, 0.5) is 0 Å². The van der Waals surface area contributed by atoms with Crippen LogP contribution in [0.1, 0.15) is 11.1 Å². The number of carbonyl (C=O) groups is 1. The van der Waals surface area contributed by atoms with Crippen molar-refractivity contribution < 1.29 is 14.3 Å². The molecule has 6 nitrogen and oxygen atoms in total. The van der Waals surface area contributed by atoms with Gasteiger partial charge in [-0.1, -0.05) is 23.7 Å². The van der Waals surface area contributed by atoms with Crippen molar-refractivity contribution in [2.24, 2.45) is 0 Å². The van der Waals surface area contributed by atoms with E-state index in [-0.39, 0.29) is 12.3 Å². The molecule has 2 aromatic carbocycles. The SMILES string of the molecule is COc1ccc(CNC(=S)NNC(=O)Cc2cc(Cl)ccc2OC)cc1. The van der Waals surface area contributed by atoms with Crippen LogP contribution < -0.4 is 25.6 Å². The molecule has 0 aliphatic rings. The first-order chi connectivity index (χ1) is 12.5. The van der Waals surface area contributed by atoms with E-state index in [1.54, 1.807) is 32.4 Å². The zero-order valence-electron chi connectivity index (χ0n) is 14.5. The van der Waals surface area contributed by atoms with Crippen molar-refractivity contribution in [1.82, 2.24) is 16.2 Å². The Hall–Kier alpha value is -2.51. The number of rotatable bonds is 6. The minimum absolute atomic E-state index is 0.109. The van der Waals surface area contributed by atoms with Gasteiger partial charge in [0.05, 0.1) is 20.6 Å². The summed E-state index contributed by atoms with van der Waals surface area (Å²) in [5.74, 6) is 1.13. The Balaban J connectivity index is 1.77.